The van der Waals surface area contributed by atoms with Crippen molar-refractivity contribution in [3.8, 4) is 11.3 Å². The van der Waals surface area contributed by atoms with Crippen molar-refractivity contribution in [1.82, 2.24) is 9.97 Å². The third kappa shape index (κ3) is 2.12. The zero-order valence-corrected chi connectivity index (χ0v) is 10.9. The Kier molecular flexibility index (Phi) is 2.91. The number of rotatable bonds is 2. The SMILES string of the molecule is Cc1ccc2nc(C(=O)O)nc(-c3ccccc3)c2c1. The molecular formula is C16H12N2O2. The highest BCUT2D eigenvalue weighted by molar-refractivity contribution is 5.96. The van der Waals surface area contributed by atoms with Crippen LogP contribution in [-0.2, 0) is 0 Å². The molecule has 2 aromatic carbocycles. The van der Waals surface area contributed by atoms with E-state index in [1.54, 1.807) is 0 Å². The Morgan fingerprint density at radius 1 is 1.05 bits per heavy atom. The van der Waals surface area contributed by atoms with Crippen molar-refractivity contribution < 1.29 is 9.90 Å². The number of carbonyl (C=O) groups is 1. The largest absolute Gasteiger partial charge is 0.475 e. The fourth-order valence-electron chi connectivity index (χ4n) is 2.15. The minimum absolute atomic E-state index is 0.180. The first-order chi connectivity index (χ1) is 9.65. The van der Waals surface area contributed by atoms with Gasteiger partial charge in [0.1, 0.15) is 0 Å². The number of aryl methyl sites for hydroxylation is 1. The minimum Gasteiger partial charge on any atom is -0.475 e. The lowest BCUT2D eigenvalue weighted by Crippen LogP contribution is -2.05. The summed E-state index contributed by atoms with van der Waals surface area (Å²) in [6.07, 6.45) is 0. The van der Waals surface area contributed by atoms with Crippen LogP contribution in [0, 0.1) is 6.92 Å². The van der Waals surface area contributed by atoms with E-state index in [-0.39, 0.29) is 5.82 Å². The van der Waals surface area contributed by atoms with Gasteiger partial charge in [0.25, 0.3) is 0 Å². The first-order valence-corrected chi connectivity index (χ1v) is 6.22. The fraction of sp³-hybridized carbons (Fsp3) is 0.0625. The molecule has 0 bridgehead atoms. The second kappa shape index (κ2) is 4.74. The second-order valence-electron chi connectivity index (χ2n) is 4.59. The molecule has 0 unspecified atom stereocenters. The molecule has 3 aromatic rings. The van der Waals surface area contributed by atoms with Gasteiger partial charge in [-0.2, -0.15) is 0 Å². The van der Waals surface area contributed by atoms with Crippen molar-refractivity contribution in [2.45, 2.75) is 6.92 Å². The number of nitrogens with zero attached hydrogens (tertiary/aromatic N) is 2. The zero-order valence-electron chi connectivity index (χ0n) is 10.9. The summed E-state index contributed by atoms with van der Waals surface area (Å²) in [6, 6.07) is 15.3. The van der Waals surface area contributed by atoms with Crippen molar-refractivity contribution in [2.24, 2.45) is 0 Å². The van der Waals surface area contributed by atoms with Crippen molar-refractivity contribution in [2.75, 3.05) is 0 Å². The summed E-state index contributed by atoms with van der Waals surface area (Å²) in [6.45, 7) is 1.99. The van der Waals surface area contributed by atoms with E-state index in [4.69, 9.17) is 5.11 Å². The Morgan fingerprint density at radius 3 is 2.50 bits per heavy atom. The molecule has 20 heavy (non-hydrogen) atoms. The first kappa shape index (κ1) is 12.3. The van der Waals surface area contributed by atoms with Crippen molar-refractivity contribution in [3.63, 3.8) is 0 Å². The average Bonchev–Trinajstić information content (AvgIpc) is 2.47. The van der Waals surface area contributed by atoms with E-state index < -0.39 is 5.97 Å². The smallest absolute Gasteiger partial charge is 0.373 e. The quantitative estimate of drug-likeness (QED) is 0.771. The van der Waals surface area contributed by atoms with Crippen LogP contribution in [0.1, 0.15) is 16.2 Å². The van der Waals surface area contributed by atoms with Crippen LogP contribution in [0.4, 0.5) is 0 Å². The zero-order chi connectivity index (χ0) is 14.1. The molecular weight excluding hydrogens is 252 g/mol. The molecule has 0 aliphatic heterocycles. The molecule has 0 fully saturated rings. The summed E-state index contributed by atoms with van der Waals surface area (Å²) in [7, 11) is 0. The van der Waals surface area contributed by atoms with Gasteiger partial charge in [0.2, 0.25) is 5.82 Å². The van der Waals surface area contributed by atoms with E-state index in [0.29, 0.717) is 11.2 Å². The normalized spacial score (nSPS) is 10.7. The average molecular weight is 264 g/mol. The molecule has 1 N–H and O–H groups in total. The number of hydrogen-bond donors (Lipinski definition) is 1. The topological polar surface area (TPSA) is 63.1 Å². The fourth-order valence-corrected chi connectivity index (χ4v) is 2.15. The number of aromatic carboxylic acids is 1. The van der Waals surface area contributed by atoms with Gasteiger partial charge in [-0.1, -0.05) is 42.0 Å². The van der Waals surface area contributed by atoms with Crippen LogP contribution < -0.4 is 0 Å². The van der Waals surface area contributed by atoms with E-state index in [1.165, 1.54) is 0 Å². The molecule has 0 saturated heterocycles. The maximum Gasteiger partial charge on any atom is 0.373 e. The standard InChI is InChI=1S/C16H12N2O2/c1-10-7-8-13-12(9-10)14(11-5-3-2-4-6-11)18-15(17-13)16(19)20/h2-9H,1H3,(H,19,20). The number of carboxylic acid groups (broad SMARTS) is 1. The molecule has 0 radical (unpaired) electrons. The predicted octanol–water partition coefficient (Wildman–Crippen LogP) is 3.30. The molecule has 4 heteroatoms. The number of carboxylic acids is 1. The molecule has 98 valence electrons. The Hall–Kier alpha value is -2.75. The van der Waals surface area contributed by atoms with Crippen molar-refractivity contribution >= 4 is 16.9 Å². The van der Waals surface area contributed by atoms with Gasteiger partial charge < -0.3 is 5.11 Å². The van der Waals surface area contributed by atoms with Crippen LogP contribution >= 0.6 is 0 Å². The summed E-state index contributed by atoms with van der Waals surface area (Å²) >= 11 is 0. The number of fused-ring (bicyclic) bond motifs is 1. The van der Waals surface area contributed by atoms with Crippen molar-refractivity contribution in [3.05, 3.63) is 59.9 Å². The van der Waals surface area contributed by atoms with Gasteiger partial charge in [-0.15, -0.1) is 0 Å². The lowest BCUT2D eigenvalue weighted by atomic mass is 10.0. The van der Waals surface area contributed by atoms with Gasteiger partial charge in [-0.25, -0.2) is 14.8 Å². The Morgan fingerprint density at radius 2 is 1.80 bits per heavy atom. The highest BCUT2D eigenvalue weighted by Gasteiger charge is 2.14. The maximum atomic E-state index is 11.2. The van der Waals surface area contributed by atoms with Crippen molar-refractivity contribution in [1.29, 1.82) is 0 Å². The summed E-state index contributed by atoms with van der Waals surface area (Å²) in [5, 5.41) is 10.0. The van der Waals surface area contributed by atoms with E-state index in [2.05, 4.69) is 9.97 Å². The molecule has 0 spiro atoms. The van der Waals surface area contributed by atoms with Gasteiger partial charge in [0.15, 0.2) is 0 Å². The van der Waals surface area contributed by atoms with Crippen LogP contribution in [0.25, 0.3) is 22.2 Å². The molecule has 0 atom stereocenters. The Bertz CT molecular complexity index is 798. The van der Waals surface area contributed by atoms with Crippen LogP contribution in [-0.4, -0.2) is 21.0 Å². The van der Waals surface area contributed by atoms with Crippen LogP contribution in [0.2, 0.25) is 0 Å². The lowest BCUT2D eigenvalue weighted by molar-refractivity contribution is 0.0684. The van der Waals surface area contributed by atoms with E-state index in [1.807, 2.05) is 55.5 Å². The highest BCUT2D eigenvalue weighted by atomic mass is 16.4. The lowest BCUT2D eigenvalue weighted by Gasteiger charge is -2.08. The molecule has 0 saturated carbocycles. The number of benzene rings is 2. The molecule has 3 rings (SSSR count). The summed E-state index contributed by atoms with van der Waals surface area (Å²) in [5.41, 5.74) is 3.26. The predicted molar refractivity (Wildman–Crippen MR) is 76.7 cm³/mol. The minimum atomic E-state index is -1.12. The van der Waals surface area contributed by atoms with Gasteiger partial charge in [-0.3, -0.25) is 0 Å². The molecule has 0 amide bonds. The van der Waals surface area contributed by atoms with Crippen LogP contribution in [0.15, 0.2) is 48.5 Å². The Balaban J connectivity index is 2.38. The maximum absolute atomic E-state index is 11.2. The monoisotopic (exact) mass is 264 g/mol. The van der Waals surface area contributed by atoms with Gasteiger partial charge in [-0.05, 0) is 19.1 Å². The van der Waals surface area contributed by atoms with E-state index >= 15 is 0 Å². The number of aromatic nitrogens is 2. The van der Waals surface area contributed by atoms with E-state index in [9.17, 15) is 4.79 Å². The number of hydrogen-bond acceptors (Lipinski definition) is 3. The summed E-state index contributed by atoms with van der Waals surface area (Å²) in [4.78, 5) is 19.5. The molecule has 1 aromatic heterocycles. The third-order valence-electron chi connectivity index (χ3n) is 3.09. The molecule has 0 aliphatic carbocycles. The highest BCUT2D eigenvalue weighted by Crippen LogP contribution is 2.26. The Labute approximate surface area is 115 Å². The van der Waals surface area contributed by atoms with Gasteiger partial charge in [0, 0.05) is 10.9 Å². The van der Waals surface area contributed by atoms with Crippen LogP contribution in [0.5, 0.6) is 0 Å². The molecule has 4 nitrogen and oxygen atoms in total. The van der Waals surface area contributed by atoms with Crippen LogP contribution in [0.3, 0.4) is 0 Å². The van der Waals surface area contributed by atoms with E-state index in [0.717, 1.165) is 16.5 Å². The van der Waals surface area contributed by atoms with Gasteiger partial charge in [0.05, 0.1) is 11.2 Å². The first-order valence-electron chi connectivity index (χ1n) is 6.22. The van der Waals surface area contributed by atoms with Gasteiger partial charge >= 0.3 is 5.97 Å². The molecule has 0 aliphatic rings. The summed E-state index contributed by atoms with van der Waals surface area (Å²) in [5.74, 6) is -1.30. The molecule has 1 heterocycles. The third-order valence-corrected chi connectivity index (χ3v) is 3.09. The summed E-state index contributed by atoms with van der Waals surface area (Å²) < 4.78 is 0. The second-order valence-corrected chi connectivity index (χ2v) is 4.59.